The van der Waals surface area contributed by atoms with E-state index in [9.17, 15) is 22.7 Å². The molecule has 21 heavy (non-hydrogen) atoms. The number of hydrogen-bond acceptors (Lipinski definition) is 2. The topological polar surface area (TPSA) is 29.5 Å². The molecule has 0 aliphatic rings. The molecule has 0 heterocycles. The molecule has 0 amide bonds. The fraction of sp³-hybridized carbons (Fsp3) is 0.143. The number of halogens is 5. The van der Waals surface area contributed by atoms with E-state index in [-0.39, 0.29) is 16.1 Å². The van der Waals surface area contributed by atoms with Crippen molar-refractivity contribution < 1.29 is 27.4 Å². The van der Waals surface area contributed by atoms with Gasteiger partial charge in [0.15, 0.2) is 0 Å². The van der Waals surface area contributed by atoms with Crippen LogP contribution in [0.1, 0.15) is 17.2 Å². The van der Waals surface area contributed by atoms with Crippen LogP contribution < -0.4 is 4.74 Å². The summed E-state index contributed by atoms with van der Waals surface area (Å²) in [7, 11) is 0. The van der Waals surface area contributed by atoms with Crippen molar-refractivity contribution in [3.63, 3.8) is 0 Å². The molecule has 0 radical (unpaired) electrons. The number of aliphatic hydroxyl groups is 1. The van der Waals surface area contributed by atoms with Gasteiger partial charge in [-0.2, -0.15) is 0 Å². The molecule has 0 fully saturated rings. The van der Waals surface area contributed by atoms with E-state index in [2.05, 4.69) is 4.74 Å². The molecule has 0 aromatic heterocycles. The number of ether oxygens (including phenoxy) is 1. The Labute approximate surface area is 122 Å². The lowest BCUT2D eigenvalue weighted by atomic mass is 10.0. The molecular formula is C14H9ClF4O2. The van der Waals surface area contributed by atoms with Crippen LogP contribution in [0.25, 0.3) is 0 Å². The molecule has 0 bridgehead atoms. The van der Waals surface area contributed by atoms with Crippen molar-refractivity contribution in [2.45, 2.75) is 12.5 Å². The zero-order valence-electron chi connectivity index (χ0n) is 10.4. The summed E-state index contributed by atoms with van der Waals surface area (Å²) in [5, 5.41) is 10.2. The summed E-state index contributed by atoms with van der Waals surface area (Å²) < 4.78 is 53.9. The van der Waals surface area contributed by atoms with Crippen molar-refractivity contribution in [2.75, 3.05) is 0 Å². The zero-order valence-corrected chi connectivity index (χ0v) is 11.1. The van der Waals surface area contributed by atoms with Gasteiger partial charge in [0.05, 0.1) is 0 Å². The van der Waals surface area contributed by atoms with Crippen molar-refractivity contribution in [3.8, 4) is 5.75 Å². The van der Waals surface area contributed by atoms with E-state index >= 15 is 0 Å². The molecule has 0 spiro atoms. The molecule has 7 heteroatoms. The van der Waals surface area contributed by atoms with Crippen LogP contribution in [0.2, 0.25) is 5.02 Å². The molecule has 0 saturated carbocycles. The van der Waals surface area contributed by atoms with Crippen molar-refractivity contribution in [1.82, 2.24) is 0 Å². The molecule has 2 rings (SSSR count). The van der Waals surface area contributed by atoms with Crippen LogP contribution in [-0.2, 0) is 0 Å². The standard InChI is InChI=1S/C14H9ClF4O2/c15-9-4-5-11(12(16)7-9)13(20)8-2-1-3-10(6-8)21-14(17,18)19/h1-7,13,20H. The Morgan fingerprint density at radius 3 is 2.43 bits per heavy atom. The Balaban J connectivity index is 2.31. The van der Waals surface area contributed by atoms with Gasteiger partial charge in [0, 0.05) is 10.6 Å². The fourth-order valence-corrected chi connectivity index (χ4v) is 1.94. The Morgan fingerprint density at radius 2 is 1.81 bits per heavy atom. The minimum absolute atomic E-state index is 0.0676. The van der Waals surface area contributed by atoms with Crippen LogP contribution in [0.15, 0.2) is 42.5 Å². The van der Waals surface area contributed by atoms with Gasteiger partial charge in [-0.15, -0.1) is 13.2 Å². The van der Waals surface area contributed by atoms with Gasteiger partial charge in [-0.05, 0) is 29.8 Å². The van der Waals surface area contributed by atoms with Crippen molar-refractivity contribution in [3.05, 3.63) is 64.4 Å². The minimum atomic E-state index is -4.84. The van der Waals surface area contributed by atoms with Gasteiger partial charge in [-0.1, -0.05) is 29.8 Å². The highest BCUT2D eigenvalue weighted by molar-refractivity contribution is 6.30. The average molecular weight is 321 g/mol. The van der Waals surface area contributed by atoms with E-state index in [4.69, 9.17) is 11.6 Å². The van der Waals surface area contributed by atoms with Gasteiger partial charge in [-0.25, -0.2) is 4.39 Å². The summed E-state index contributed by atoms with van der Waals surface area (Å²) in [6, 6.07) is 8.36. The summed E-state index contributed by atoms with van der Waals surface area (Å²) in [5.41, 5.74) is -0.0264. The van der Waals surface area contributed by atoms with Crippen LogP contribution in [0, 0.1) is 5.82 Å². The lowest BCUT2D eigenvalue weighted by Crippen LogP contribution is -2.17. The molecule has 1 N–H and O–H groups in total. The summed E-state index contributed by atoms with van der Waals surface area (Å²) in [6.07, 6.45) is -6.27. The molecule has 1 unspecified atom stereocenters. The normalized spacial score (nSPS) is 13.0. The molecule has 1 atom stereocenters. The second-order valence-electron chi connectivity index (χ2n) is 4.19. The Morgan fingerprint density at radius 1 is 1.10 bits per heavy atom. The van der Waals surface area contributed by atoms with Crippen molar-refractivity contribution in [2.24, 2.45) is 0 Å². The van der Waals surface area contributed by atoms with Crippen molar-refractivity contribution in [1.29, 1.82) is 0 Å². The third kappa shape index (κ3) is 4.09. The van der Waals surface area contributed by atoms with Crippen LogP contribution in [0.5, 0.6) is 5.75 Å². The van der Waals surface area contributed by atoms with Crippen LogP contribution in [0.3, 0.4) is 0 Å². The Bertz CT molecular complexity index is 643. The van der Waals surface area contributed by atoms with Crippen LogP contribution >= 0.6 is 11.6 Å². The number of benzene rings is 2. The molecule has 2 aromatic rings. The first-order valence-electron chi connectivity index (χ1n) is 5.75. The summed E-state index contributed by atoms with van der Waals surface area (Å²) in [4.78, 5) is 0. The van der Waals surface area contributed by atoms with Crippen LogP contribution in [0.4, 0.5) is 17.6 Å². The maximum absolute atomic E-state index is 13.7. The zero-order chi connectivity index (χ0) is 15.6. The van der Waals surface area contributed by atoms with Gasteiger partial charge < -0.3 is 9.84 Å². The monoisotopic (exact) mass is 320 g/mol. The molecule has 2 nitrogen and oxygen atoms in total. The first-order chi connectivity index (χ1) is 9.76. The fourth-order valence-electron chi connectivity index (χ4n) is 1.78. The van der Waals surface area contributed by atoms with Gasteiger partial charge in [-0.3, -0.25) is 0 Å². The number of alkyl halides is 3. The molecule has 0 aliphatic carbocycles. The van der Waals surface area contributed by atoms with Crippen molar-refractivity contribution >= 4 is 11.6 Å². The lowest BCUT2D eigenvalue weighted by molar-refractivity contribution is -0.274. The Hall–Kier alpha value is -1.79. The van der Waals surface area contributed by atoms with E-state index in [1.165, 1.54) is 24.3 Å². The molecule has 112 valence electrons. The predicted octanol–water partition coefficient (Wildman–Crippen LogP) is 4.46. The van der Waals surface area contributed by atoms with Gasteiger partial charge in [0.1, 0.15) is 17.7 Å². The second-order valence-corrected chi connectivity index (χ2v) is 4.63. The minimum Gasteiger partial charge on any atom is -0.406 e. The Kier molecular flexibility index (Phi) is 4.39. The van der Waals surface area contributed by atoms with E-state index in [0.29, 0.717) is 0 Å². The molecule has 0 aliphatic heterocycles. The first-order valence-corrected chi connectivity index (χ1v) is 6.13. The average Bonchev–Trinajstić information content (AvgIpc) is 2.36. The first kappa shape index (κ1) is 15.6. The largest absolute Gasteiger partial charge is 0.573 e. The second kappa shape index (κ2) is 5.91. The third-order valence-electron chi connectivity index (χ3n) is 2.66. The summed E-state index contributed by atoms with van der Waals surface area (Å²) in [5.74, 6) is -1.24. The highest BCUT2D eigenvalue weighted by Crippen LogP contribution is 2.30. The maximum Gasteiger partial charge on any atom is 0.573 e. The number of hydrogen-bond donors (Lipinski definition) is 1. The highest BCUT2D eigenvalue weighted by Gasteiger charge is 2.31. The summed E-state index contributed by atoms with van der Waals surface area (Å²) in [6.45, 7) is 0. The number of rotatable bonds is 3. The molecular weight excluding hydrogens is 312 g/mol. The highest BCUT2D eigenvalue weighted by atomic mass is 35.5. The van der Waals surface area contributed by atoms with Gasteiger partial charge in [0.25, 0.3) is 0 Å². The third-order valence-corrected chi connectivity index (χ3v) is 2.90. The predicted molar refractivity (Wildman–Crippen MR) is 68.6 cm³/mol. The lowest BCUT2D eigenvalue weighted by Gasteiger charge is -2.15. The van der Waals surface area contributed by atoms with Gasteiger partial charge in [0.2, 0.25) is 0 Å². The van der Waals surface area contributed by atoms with E-state index in [1.54, 1.807) is 0 Å². The van der Waals surface area contributed by atoms with Gasteiger partial charge >= 0.3 is 6.36 Å². The van der Waals surface area contributed by atoms with E-state index in [1.807, 2.05) is 0 Å². The smallest absolute Gasteiger partial charge is 0.406 e. The SMILES string of the molecule is OC(c1cccc(OC(F)(F)F)c1)c1ccc(Cl)cc1F. The molecule has 0 saturated heterocycles. The quantitative estimate of drug-likeness (QED) is 0.846. The molecule has 2 aromatic carbocycles. The maximum atomic E-state index is 13.7. The van der Waals surface area contributed by atoms with E-state index in [0.717, 1.165) is 18.2 Å². The van der Waals surface area contributed by atoms with Crippen LogP contribution in [-0.4, -0.2) is 11.5 Å². The summed E-state index contributed by atoms with van der Waals surface area (Å²) >= 11 is 5.60. The number of aliphatic hydroxyl groups excluding tert-OH is 1. The van der Waals surface area contributed by atoms with E-state index < -0.39 is 24.0 Å².